The Morgan fingerprint density at radius 1 is 1.02 bits per heavy atom. The number of fused-ring (bicyclic) bond motifs is 1. The van der Waals surface area contributed by atoms with Gasteiger partial charge in [0.1, 0.15) is 46.4 Å². The zero-order valence-corrected chi connectivity index (χ0v) is 30.9. The van der Waals surface area contributed by atoms with Gasteiger partial charge in [0.2, 0.25) is 0 Å². The molecular weight excluding hydrogens is 789 g/mol. The number of nitrogens with one attached hydrogen (secondary N) is 2. The summed E-state index contributed by atoms with van der Waals surface area (Å²) in [5, 5.41) is 26.9. The zero-order chi connectivity index (χ0) is 38.8. The number of carbonyl (C=O) groups is 2. The van der Waals surface area contributed by atoms with E-state index < -0.39 is 65.6 Å². The molecular formula is C35H31Cl3F2N8O7. The van der Waals surface area contributed by atoms with Crippen LogP contribution in [0.15, 0.2) is 66.9 Å². The summed E-state index contributed by atoms with van der Waals surface area (Å²) in [6, 6.07) is 14.9. The molecule has 3 N–H and O–H groups in total. The topological polar surface area (TPSA) is 177 Å². The monoisotopic (exact) mass is 818 g/mol. The molecule has 0 spiro atoms. The van der Waals surface area contributed by atoms with E-state index in [1.807, 2.05) is 30.3 Å². The number of carboxylic acid groups (broad SMARTS) is 1. The lowest BCUT2D eigenvalue weighted by Gasteiger charge is -2.48. The second-order valence-corrected chi connectivity index (χ2v) is 13.7. The molecule has 20 heteroatoms. The number of carbonyl (C=O) groups excluding carboxylic acids is 1. The number of ether oxygens (including phenoxy) is 4. The third-order valence-electron chi connectivity index (χ3n) is 8.79. The van der Waals surface area contributed by atoms with Gasteiger partial charge >= 0.3 is 12.2 Å². The van der Waals surface area contributed by atoms with Crippen molar-refractivity contribution in [3.63, 3.8) is 0 Å². The first kappa shape index (κ1) is 38.4. The molecule has 2 saturated heterocycles. The molecule has 0 bridgehead atoms. The van der Waals surface area contributed by atoms with Gasteiger partial charge in [0.15, 0.2) is 24.3 Å². The standard InChI is InChI=1S/C35H31Cl3F2N8O7/c1-17-43-32(48(45-17)25-14-20(36)8-9-21(25)37)31-30(55-35(51)42-11-5-10-41-34(49)50)28(29-26(53-31)16-52-33(54-29)18-6-3-2-4-7-18)47-15-24(44-46-47)19-12-22(39)27(38)23(40)13-19/h2-4,6-9,12-15,26,28-31,33,41H,5,10-11,16H2,1H3,(H,42,51)(H,49,50)/t26-,28+,29+,30-,31-,33+/m1/s1. The fourth-order valence-electron chi connectivity index (χ4n) is 6.36. The van der Waals surface area contributed by atoms with Crippen molar-refractivity contribution in [2.45, 2.75) is 50.1 Å². The highest BCUT2D eigenvalue weighted by molar-refractivity contribution is 6.34. The number of aryl methyl sites for hydroxylation is 1. The van der Waals surface area contributed by atoms with E-state index in [1.165, 1.54) is 15.6 Å². The van der Waals surface area contributed by atoms with Crippen LogP contribution in [0.2, 0.25) is 15.1 Å². The first-order chi connectivity index (χ1) is 26.5. The minimum Gasteiger partial charge on any atom is -0.465 e. The van der Waals surface area contributed by atoms with Gasteiger partial charge in [-0.25, -0.2) is 32.7 Å². The third-order valence-corrected chi connectivity index (χ3v) is 9.71. The summed E-state index contributed by atoms with van der Waals surface area (Å²) in [6.07, 6.45) is -5.59. The van der Waals surface area contributed by atoms with Crippen LogP contribution in [0.5, 0.6) is 0 Å². The molecule has 288 valence electrons. The van der Waals surface area contributed by atoms with Crippen molar-refractivity contribution >= 4 is 47.0 Å². The molecule has 6 atom stereocenters. The molecule has 0 aliphatic carbocycles. The fraction of sp³-hybridized carbons (Fsp3) is 0.314. The maximum atomic E-state index is 14.6. The highest BCUT2D eigenvalue weighted by atomic mass is 35.5. The van der Waals surface area contributed by atoms with E-state index in [0.29, 0.717) is 22.1 Å². The molecule has 2 amide bonds. The second-order valence-electron chi connectivity index (χ2n) is 12.5. The predicted octanol–water partition coefficient (Wildman–Crippen LogP) is 6.62. The lowest BCUT2D eigenvalue weighted by atomic mass is 9.90. The second kappa shape index (κ2) is 16.4. The van der Waals surface area contributed by atoms with Gasteiger partial charge in [0.05, 0.1) is 23.5 Å². The van der Waals surface area contributed by atoms with Crippen molar-refractivity contribution in [1.82, 2.24) is 40.4 Å². The SMILES string of the molecule is Cc1nc([C@@H]2O[C@@H]3CO[C@H](c4ccccc4)O[C@@H]3[C@H](n3cc(-c4cc(F)c(Cl)c(F)c4)nn3)[C@H]2OC(=O)NCCCNC(=O)O)n(-c2cc(Cl)ccc2Cl)n1. The van der Waals surface area contributed by atoms with Crippen LogP contribution in [0.1, 0.15) is 42.1 Å². The Hall–Kier alpha value is -4.91. The summed E-state index contributed by atoms with van der Waals surface area (Å²) in [7, 11) is 0. The molecule has 2 aromatic heterocycles. The van der Waals surface area contributed by atoms with Crippen LogP contribution < -0.4 is 10.6 Å². The zero-order valence-electron chi connectivity index (χ0n) is 28.6. The predicted molar refractivity (Wildman–Crippen MR) is 192 cm³/mol. The van der Waals surface area contributed by atoms with Gasteiger partial charge in [-0.15, -0.1) is 5.10 Å². The maximum absolute atomic E-state index is 14.6. The average molecular weight is 820 g/mol. The number of rotatable bonds is 10. The number of hydrogen-bond acceptors (Lipinski definition) is 10. The van der Waals surface area contributed by atoms with Gasteiger partial charge in [-0.2, -0.15) is 5.10 Å². The normalized spacial score (nSPS) is 22.1. The van der Waals surface area contributed by atoms with Crippen LogP contribution in [0.3, 0.4) is 0 Å². The Balaban J connectivity index is 1.33. The first-order valence-corrected chi connectivity index (χ1v) is 17.9. The minimum absolute atomic E-state index is 0.00687. The van der Waals surface area contributed by atoms with Gasteiger partial charge in [-0.3, -0.25) is 0 Å². The smallest absolute Gasteiger partial charge is 0.407 e. The molecule has 0 radical (unpaired) electrons. The number of nitrogens with zero attached hydrogens (tertiary/aromatic N) is 6. The van der Waals surface area contributed by atoms with E-state index in [1.54, 1.807) is 25.1 Å². The number of aromatic nitrogens is 6. The minimum atomic E-state index is -1.32. The van der Waals surface area contributed by atoms with E-state index in [0.717, 1.165) is 12.1 Å². The Morgan fingerprint density at radius 2 is 1.76 bits per heavy atom. The summed E-state index contributed by atoms with van der Waals surface area (Å²) in [5.74, 6) is -1.51. The average Bonchev–Trinajstić information content (AvgIpc) is 3.81. The number of benzene rings is 3. The molecule has 15 nitrogen and oxygen atoms in total. The fourth-order valence-corrected chi connectivity index (χ4v) is 6.83. The largest absolute Gasteiger partial charge is 0.465 e. The first-order valence-electron chi connectivity index (χ1n) is 16.8. The number of hydrogen-bond donors (Lipinski definition) is 3. The van der Waals surface area contributed by atoms with E-state index in [4.69, 9.17) is 58.9 Å². The number of alkyl carbamates (subject to hydrolysis) is 1. The van der Waals surface area contributed by atoms with Crippen LogP contribution in [0.25, 0.3) is 16.9 Å². The van der Waals surface area contributed by atoms with Crippen molar-refractivity contribution in [1.29, 1.82) is 0 Å². The van der Waals surface area contributed by atoms with Crippen molar-refractivity contribution in [2.75, 3.05) is 19.7 Å². The molecule has 0 saturated carbocycles. The van der Waals surface area contributed by atoms with E-state index in [-0.39, 0.29) is 48.2 Å². The van der Waals surface area contributed by atoms with Gasteiger partial charge < -0.3 is 34.7 Å². The molecule has 3 aromatic carbocycles. The summed E-state index contributed by atoms with van der Waals surface area (Å²) >= 11 is 18.7. The van der Waals surface area contributed by atoms with Crippen molar-refractivity contribution in [2.24, 2.45) is 0 Å². The summed E-state index contributed by atoms with van der Waals surface area (Å²) < 4.78 is 57.5. The van der Waals surface area contributed by atoms with Crippen molar-refractivity contribution < 1.29 is 42.4 Å². The number of halogens is 5. The molecule has 2 aliphatic rings. The highest BCUT2D eigenvalue weighted by Crippen LogP contribution is 2.46. The quantitative estimate of drug-likeness (QED) is 0.102. The van der Waals surface area contributed by atoms with Gasteiger partial charge in [-0.1, -0.05) is 70.3 Å². The maximum Gasteiger partial charge on any atom is 0.407 e. The van der Waals surface area contributed by atoms with Crippen molar-refractivity contribution in [3.8, 4) is 16.9 Å². The number of amides is 2. The Kier molecular flexibility index (Phi) is 11.5. The summed E-state index contributed by atoms with van der Waals surface area (Å²) in [4.78, 5) is 29.2. The Morgan fingerprint density at radius 3 is 2.51 bits per heavy atom. The molecule has 4 heterocycles. The Bertz CT molecular complexity index is 2170. The van der Waals surface area contributed by atoms with Crippen LogP contribution in [0, 0.1) is 18.6 Å². The highest BCUT2D eigenvalue weighted by Gasteiger charge is 2.55. The third kappa shape index (κ3) is 8.36. The van der Waals surface area contributed by atoms with Crippen LogP contribution in [-0.4, -0.2) is 85.1 Å². The van der Waals surface area contributed by atoms with Crippen LogP contribution in [0.4, 0.5) is 18.4 Å². The lowest BCUT2D eigenvalue weighted by Crippen LogP contribution is -2.58. The van der Waals surface area contributed by atoms with Crippen LogP contribution in [-0.2, 0) is 18.9 Å². The van der Waals surface area contributed by atoms with Gasteiger partial charge in [0, 0.05) is 29.2 Å². The van der Waals surface area contributed by atoms with Gasteiger partial charge in [0.25, 0.3) is 0 Å². The summed E-state index contributed by atoms with van der Waals surface area (Å²) in [6.45, 7) is 1.78. The van der Waals surface area contributed by atoms with Crippen molar-refractivity contribution in [3.05, 3.63) is 111 Å². The van der Waals surface area contributed by atoms with E-state index >= 15 is 0 Å². The van der Waals surface area contributed by atoms with Crippen LogP contribution >= 0.6 is 34.8 Å². The Labute approximate surface area is 326 Å². The molecule has 0 unspecified atom stereocenters. The molecule has 7 rings (SSSR count). The molecule has 5 aromatic rings. The lowest BCUT2D eigenvalue weighted by molar-refractivity contribution is -0.318. The summed E-state index contributed by atoms with van der Waals surface area (Å²) in [5.41, 5.74) is 1.16. The van der Waals surface area contributed by atoms with E-state index in [2.05, 4.69) is 31.0 Å². The molecule has 2 fully saturated rings. The molecule has 55 heavy (non-hydrogen) atoms. The molecule has 2 aliphatic heterocycles. The van der Waals surface area contributed by atoms with Gasteiger partial charge in [-0.05, 0) is 43.7 Å². The van der Waals surface area contributed by atoms with E-state index in [9.17, 15) is 18.4 Å².